The van der Waals surface area contributed by atoms with Crippen LogP contribution in [0.2, 0.25) is 0 Å². The highest BCUT2D eigenvalue weighted by atomic mass is 32.1. The predicted molar refractivity (Wildman–Crippen MR) is 118 cm³/mol. The van der Waals surface area contributed by atoms with Gasteiger partial charge in [0.05, 0.1) is 42.3 Å². The van der Waals surface area contributed by atoms with Gasteiger partial charge in [-0.25, -0.2) is 9.78 Å². The summed E-state index contributed by atoms with van der Waals surface area (Å²) in [6, 6.07) is 15.6. The molecule has 0 radical (unpaired) electrons. The number of furan rings is 1. The van der Waals surface area contributed by atoms with Crippen molar-refractivity contribution in [3.05, 3.63) is 77.7 Å². The van der Waals surface area contributed by atoms with Crippen LogP contribution in [-0.2, 0) is 11.3 Å². The van der Waals surface area contributed by atoms with Gasteiger partial charge < -0.3 is 13.9 Å². The van der Waals surface area contributed by atoms with Crippen LogP contribution in [0.15, 0.2) is 65.3 Å². The van der Waals surface area contributed by atoms with E-state index in [-0.39, 0.29) is 12.5 Å². The van der Waals surface area contributed by atoms with Gasteiger partial charge in [-0.15, -0.1) is 0 Å². The van der Waals surface area contributed by atoms with Crippen LogP contribution in [0.25, 0.3) is 10.2 Å². The van der Waals surface area contributed by atoms with Crippen LogP contribution in [0.3, 0.4) is 0 Å². The molecule has 0 spiro atoms. The van der Waals surface area contributed by atoms with Crippen molar-refractivity contribution in [2.24, 2.45) is 0 Å². The van der Waals surface area contributed by atoms with E-state index >= 15 is 0 Å². The largest absolute Gasteiger partial charge is 0.494 e. The molecule has 0 saturated carbocycles. The van der Waals surface area contributed by atoms with E-state index in [1.165, 1.54) is 18.4 Å². The number of thiazole rings is 1. The van der Waals surface area contributed by atoms with Crippen molar-refractivity contribution in [3.63, 3.8) is 0 Å². The molecule has 2 aromatic heterocycles. The number of benzene rings is 2. The third-order valence-corrected chi connectivity index (χ3v) is 5.62. The highest BCUT2D eigenvalue weighted by molar-refractivity contribution is 7.22. The molecule has 1 amide bonds. The van der Waals surface area contributed by atoms with Gasteiger partial charge in [0.1, 0.15) is 11.5 Å². The molecule has 0 unspecified atom stereocenters. The first kappa shape index (κ1) is 20.6. The van der Waals surface area contributed by atoms with E-state index in [2.05, 4.69) is 4.98 Å². The number of hydrogen-bond donors (Lipinski definition) is 0. The second-order valence-electron chi connectivity index (χ2n) is 6.60. The number of methoxy groups -OCH3 is 1. The number of amides is 1. The van der Waals surface area contributed by atoms with Crippen molar-refractivity contribution in [1.29, 1.82) is 0 Å². The Balaban J connectivity index is 1.69. The summed E-state index contributed by atoms with van der Waals surface area (Å²) in [7, 11) is 1.32. The Morgan fingerprint density at radius 2 is 1.87 bits per heavy atom. The normalized spacial score (nSPS) is 10.8. The average molecular weight is 436 g/mol. The molecule has 0 aliphatic heterocycles. The number of anilines is 1. The highest BCUT2D eigenvalue weighted by Gasteiger charge is 2.23. The topological polar surface area (TPSA) is 81.9 Å². The lowest BCUT2D eigenvalue weighted by Crippen LogP contribution is -2.30. The quantitative estimate of drug-likeness (QED) is 0.383. The van der Waals surface area contributed by atoms with Gasteiger partial charge in [0.15, 0.2) is 5.13 Å². The summed E-state index contributed by atoms with van der Waals surface area (Å²) in [6.07, 6.45) is 1.57. The second-order valence-corrected chi connectivity index (χ2v) is 7.61. The van der Waals surface area contributed by atoms with Gasteiger partial charge in [0.25, 0.3) is 5.91 Å². The van der Waals surface area contributed by atoms with Gasteiger partial charge in [0, 0.05) is 5.56 Å². The number of nitrogens with zero attached hydrogens (tertiary/aromatic N) is 2. The average Bonchev–Trinajstić information content (AvgIpc) is 3.46. The van der Waals surface area contributed by atoms with Crippen molar-refractivity contribution >= 4 is 38.6 Å². The van der Waals surface area contributed by atoms with Gasteiger partial charge in [0.2, 0.25) is 0 Å². The first-order chi connectivity index (χ1) is 15.1. The van der Waals surface area contributed by atoms with Crippen LogP contribution < -0.4 is 9.64 Å². The number of fused-ring (bicyclic) bond motifs is 1. The fourth-order valence-corrected chi connectivity index (χ4v) is 4.06. The van der Waals surface area contributed by atoms with Gasteiger partial charge in [-0.05, 0) is 61.5 Å². The summed E-state index contributed by atoms with van der Waals surface area (Å²) < 4.78 is 16.7. The lowest BCUT2D eigenvalue weighted by Gasteiger charge is -2.19. The van der Waals surface area contributed by atoms with Gasteiger partial charge >= 0.3 is 5.97 Å². The Hall–Kier alpha value is -3.65. The molecule has 0 N–H and O–H groups in total. The molecule has 31 heavy (non-hydrogen) atoms. The van der Waals surface area contributed by atoms with E-state index in [1.54, 1.807) is 47.6 Å². The van der Waals surface area contributed by atoms with E-state index < -0.39 is 5.97 Å². The molecule has 0 fully saturated rings. The predicted octanol–water partition coefficient (Wildman–Crippen LogP) is 4.92. The monoisotopic (exact) mass is 436 g/mol. The van der Waals surface area contributed by atoms with E-state index in [1.807, 2.05) is 25.1 Å². The zero-order valence-corrected chi connectivity index (χ0v) is 17.8. The Labute approximate surface area is 182 Å². The number of carbonyl (C=O) groups is 2. The number of ether oxygens (including phenoxy) is 2. The molecule has 2 aromatic carbocycles. The molecule has 0 aliphatic carbocycles. The minimum atomic E-state index is -0.456. The zero-order valence-electron chi connectivity index (χ0n) is 17.0. The van der Waals surface area contributed by atoms with E-state index in [9.17, 15) is 9.59 Å². The van der Waals surface area contributed by atoms with Crippen molar-refractivity contribution in [3.8, 4) is 5.75 Å². The number of rotatable bonds is 7. The lowest BCUT2D eigenvalue weighted by molar-refractivity contribution is 0.0600. The molecule has 158 valence electrons. The van der Waals surface area contributed by atoms with E-state index in [0.717, 1.165) is 16.0 Å². The third kappa shape index (κ3) is 4.44. The fraction of sp³-hybridized carbons (Fsp3) is 0.174. The standard InChI is InChI=1S/C23H20N2O5S/c1-3-29-17-10-11-19-20(13-17)31-23(24-19)25(14-18-5-4-12-30-18)21(26)15-6-8-16(9-7-15)22(27)28-2/h4-13H,3,14H2,1-2H3. The van der Waals surface area contributed by atoms with E-state index in [0.29, 0.717) is 28.6 Å². The zero-order chi connectivity index (χ0) is 21.8. The molecule has 4 aromatic rings. The lowest BCUT2D eigenvalue weighted by atomic mass is 10.1. The second kappa shape index (κ2) is 9.01. The van der Waals surface area contributed by atoms with Gasteiger partial charge in [-0.2, -0.15) is 0 Å². The van der Waals surface area contributed by atoms with Crippen LogP contribution in [0, 0.1) is 0 Å². The van der Waals surface area contributed by atoms with Crippen molar-refractivity contribution in [1.82, 2.24) is 4.98 Å². The maximum absolute atomic E-state index is 13.4. The van der Waals surface area contributed by atoms with Crippen LogP contribution >= 0.6 is 11.3 Å². The van der Waals surface area contributed by atoms with Crippen LogP contribution in [-0.4, -0.2) is 30.6 Å². The molecule has 0 saturated heterocycles. The minimum Gasteiger partial charge on any atom is -0.494 e. The summed E-state index contributed by atoms with van der Waals surface area (Å²) >= 11 is 1.40. The van der Waals surface area contributed by atoms with Crippen molar-refractivity contribution < 1.29 is 23.5 Å². The van der Waals surface area contributed by atoms with Crippen LogP contribution in [0.1, 0.15) is 33.4 Å². The van der Waals surface area contributed by atoms with Crippen LogP contribution in [0.4, 0.5) is 5.13 Å². The first-order valence-electron chi connectivity index (χ1n) is 9.65. The van der Waals surface area contributed by atoms with E-state index in [4.69, 9.17) is 13.9 Å². The molecule has 0 atom stereocenters. The SMILES string of the molecule is CCOc1ccc2nc(N(Cc3ccco3)C(=O)c3ccc(C(=O)OC)cc3)sc2c1. The Kier molecular flexibility index (Phi) is 5.99. The molecule has 7 nitrogen and oxygen atoms in total. The molecule has 4 rings (SSSR count). The molecular formula is C23H20N2O5S. The maximum Gasteiger partial charge on any atom is 0.337 e. The Morgan fingerprint density at radius 3 is 2.55 bits per heavy atom. The number of carbonyl (C=O) groups excluding carboxylic acids is 2. The minimum absolute atomic E-state index is 0.225. The van der Waals surface area contributed by atoms with Gasteiger partial charge in [-0.1, -0.05) is 11.3 Å². The summed E-state index contributed by atoms with van der Waals surface area (Å²) in [5.41, 5.74) is 1.58. The summed E-state index contributed by atoms with van der Waals surface area (Å²) in [4.78, 5) is 31.3. The number of aromatic nitrogens is 1. The Morgan fingerprint density at radius 1 is 1.10 bits per heavy atom. The summed E-state index contributed by atoms with van der Waals surface area (Å²) in [6.45, 7) is 2.72. The maximum atomic E-state index is 13.4. The molecule has 8 heteroatoms. The number of esters is 1. The molecule has 0 aliphatic rings. The van der Waals surface area contributed by atoms with Gasteiger partial charge in [-0.3, -0.25) is 9.69 Å². The van der Waals surface area contributed by atoms with Crippen molar-refractivity contribution in [2.75, 3.05) is 18.6 Å². The molecule has 0 bridgehead atoms. The molecule has 2 heterocycles. The highest BCUT2D eigenvalue weighted by Crippen LogP contribution is 2.33. The fourth-order valence-electron chi connectivity index (χ4n) is 3.07. The first-order valence-corrected chi connectivity index (χ1v) is 10.5. The third-order valence-electron chi connectivity index (χ3n) is 4.58. The molecular weight excluding hydrogens is 416 g/mol. The van der Waals surface area contributed by atoms with Crippen molar-refractivity contribution in [2.45, 2.75) is 13.5 Å². The summed E-state index contributed by atoms with van der Waals surface area (Å²) in [5, 5.41) is 0.544. The number of hydrogen-bond acceptors (Lipinski definition) is 7. The Bertz CT molecular complexity index is 1200. The summed E-state index contributed by atoms with van der Waals surface area (Å²) in [5.74, 6) is 0.681. The smallest absolute Gasteiger partial charge is 0.337 e. The van der Waals surface area contributed by atoms with Crippen LogP contribution in [0.5, 0.6) is 5.75 Å².